The van der Waals surface area contributed by atoms with Gasteiger partial charge < -0.3 is 0 Å². The number of rotatable bonds is 4. The van der Waals surface area contributed by atoms with Crippen LogP contribution < -0.4 is 11.3 Å². The Morgan fingerprint density at radius 1 is 0.900 bits per heavy atom. The van der Waals surface area contributed by atoms with Crippen LogP contribution in [0.5, 0.6) is 0 Å². The van der Waals surface area contributed by atoms with Crippen molar-refractivity contribution < 1.29 is 0 Å². The molecule has 20 heavy (non-hydrogen) atoms. The summed E-state index contributed by atoms with van der Waals surface area (Å²) < 4.78 is 0. The van der Waals surface area contributed by atoms with Crippen molar-refractivity contribution in [1.29, 1.82) is 0 Å². The molecule has 0 saturated heterocycles. The zero-order chi connectivity index (χ0) is 14.7. The minimum absolute atomic E-state index is 0.225. The first-order valence-electron chi connectivity index (χ1n) is 6.54. The van der Waals surface area contributed by atoms with Crippen molar-refractivity contribution >= 4 is 23.2 Å². The van der Waals surface area contributed by atoms with Crippen LogP contribution in [0.15, 0.2) is 42.5 Å². The van der Waals surface area contributed by atoms with E-state index in [2.05, 4.69) is 43.5 Å². The first-order chi connectivity index (χ1) is 9.54. The molecule has 0 aliphatic heterocycles. The molecule has 0 heterocycles. The Morgan fingerprint density at radius 2 is 1.40 bits per heavy atom. The number of hydrogen-bond acceptors (Lipinski definition) is 2. The van der Waals surface area contributed by atoms with Gasteiger partial charge in [-0.15, -0.1) is 0 Å². The minimum atomic E-state index is -0.225. The maximum absolute atomic E-state index is 6.25. The van der Waals surface area contributed by atoms with Crippen molar-refractivity contribution in [3.8, 4) is 0 Å². The molecule has 4 heteroatoms. The van der Waals surface area contributed by atoms with Crippen LogP contribution in [0.3, 0.4) is 0 Å². The molecule has 2 nitrogen and oxygen atoms in total. The summed E-state index contributed by atoms with van der Waals surface area (Å²) >= 11 is 12.5. The van der Waals surface area contributed by atoms with Gasteiger partial charge in [0.25, 0.3) is 0 Å². The zero-order valence-corrected chi connectivity index (χ0v) is 13.0. The molecule has 3 N–H and O–H groups in total. The molecule has 2 aromatic rings. The maximum Gasteiger partial charge on any atom is 0.0739 e. The van der Waals surface area contributed by atoms with E-state index in [9.17, 15) is 0 Å². The predicted molar refractivity (Wildman–Crippen MR) is 86.2 cm³/mol. The molecule has 0 aliphatic rings. The van der Waals surface area contributed by atoms with Crippen LogP contribution in [-0.4, -0.2) is 0 Å². The molecule has 0 spiro atoms. The molecule has 0 aliphatic carbocycles. The van der Waals surface area contributed by atoms with E-state index in [4.69, 9.17) is 29.0 Å². The molecule has 0 radical (unpaired) electrons. The van der Waals surface area contributed by atoms with Crippen molar-refractivity contribution in [2.45, 2.75) is 25.8 Å². The van der Waals surface area contributed by atoms with Crippen LogP contribution in [-0.2, 0) is 0 Å². The van der Waals surface area contributed by atoms with E-state index in [0.717, 1.165) is 11.1 Å². The number of benzene rings is 2. The molecule has 106 valence electrons. The molecule has 0 aromatic heterocycles. The summed E-state index contributed by atoms with van der Waals surface area (Å²) in [5, 5.41) is 1.21. The molecular weight excluding hydrogens is 291 g/mol. The van der Waals surface area contributed by atoms with Gasteiger partial charge in [0.1, 0.15) is 0 Å². The summed E-state index contributed by atoms with van der Waals surface area (Å²) in [6.45, 7) is 4.33. The second kappa shape index (κ2) is 6.59. The molecule has 2 rings (SSSR count). The lowest BCUT2D eigenvalue weighted by atomic mass is 9.95. The van der Waals surface area contributed by atoms with E-state index < -0.39 is 0 Å². The molecule has 1 unspecified atom stereocenters. The molecule has 1 atom stereocenters. The van der Waals surface area contributed by atoms with Crippen LogP contribution in [0.4, 0.5) is 0 Å². The lowest BCUT2D eigenvalue weighted by Gasteiger charge is -2.20. The van der Waals surface area contributed by atoms with Crippen LogP contribution in [0.25, 0.3) is 0 Å². The van der Waals surface area contributed by atoms with Gasteiger partial charge in [0, 0.05) is 15.6 Å². The van der Waals surface area contributed by atoms with E-state index in [1.54, 1.807) is 0 Å². The lowest BCUT2D eigenvalue weighted by molar-refractivity contribution is 0.636. The summed E-state index contributed by atoms with van der Waals surface area (Å²) in [6, 6.07) is 13.6. The number of nitrogens with two attached hydrogens (primary N) is 1. The van der Waals surface area contributed by atoms with E-state index in [1.807, 2.05) is 18.2 Å². The second-order valence-corrected chi connectivity index (χ2v) is 5.87. The average Bonchev–Trinajstić information content (AvgIpc) is 2.43. The fraction of sp³-hybridized carbons (Fsp3) is 0.250. The summed E-state index contributed by atoms with van der Waals surface area (Å²) in [5.74, 6) is 6.20. The largest absolute Gasteiger partial charge is 0.271 e. The van der Waals surface area contributed by atoms with Crippen molar-refractivity contribution in [2.75, 3.05) is 0 Å². The summed E-state index contributed by atoms with van der Waals surface area (Å²) in [5.41, 5.74) is 5.92. The van der Waals surface area contributed by atoms with Gasteiger partial charge in [0.15, 0.2) is 0 Å². The van der Waals surface area contributed by atoms with Gasteiger partial charge in [-0.05, 0) is 29.2 Å². The number of halogens is 2. The Morgan fingerprint density at radius 3 is 1.85 bits per heavy atom. The molecule has 0 fully saturated rings. The topological polar surface area (TPSA) is 38.0 Å². The maximum atomic E-state index is 6.25. The Hall–Kier alpha value is -1.06. The van der Waals surface area contributed by atoms with Gasteiger partial charge in [0.2, 0.25) is 0 Å². The fourth-order valence-electron chi connectivity index (χ4n) is 2.21. The van der Waals surface area contributed by atoms with Gasteiger partial charge in [0.05, 0.1) is 6.04 Å². The van der Waals surface area contributed by atoms with Crippen molar-refractivity contribution in [2.24, 2.45) is 5.84 Å². The average molecular weight is 309 g/mol. The monoisotopic (exact) mass is 308 g/mol. The minimum Gasteiger partial charge on any atom is -0.271 e. The van der Waals surface area contributed by atoms with Crippen LogP contribution in [0.2, 0.25) is 10.0 Å². The van der Waals surface area contributed by atoms with Crippen molar-refractivity contribution in [3.63, 3.8) is 0 Å². The van der Waals surface area contributed by atoms with E-state index in [1.165, 1.54) is 5.56 Å². The Balaban J connectivity index is 2.42. The highest BCUT2D eigenvalue weighted by Crippen LogP contribution is 2.34. The Labute approximate surface area is 129 Å². The highest BCUT2D eigenvalue weighted by Gasteiger charge is 2.18. The molecule has 0 saturated carbocycles. The van der Waals surface area contributed by atoms with Gasteiger partial charge in [-0.2, -0.15) is 0 Å². The summed E-state index contributed by atoms with van der Waals surface area (Å²) in [6.07, 6.45) is 0. The molecule has 0 amide bonds. The van der Waals surface area contributed by atoms with Gasteiger partial charge in [-0.1, -0.05) is 67.4 Å². The number of nitrogens with one attached hydrogen (secondary N) is 1. The quantitative estimate of drug-likeness (QED) is 0.636. The normalized spacial score (nSPS) is 12.7. The highest BCUT2D eigenvalue weighted by molar-refractivity contribution is 6.36. The zero-order valence-electron chi connectivity index (χ0n) is 11.5. The highest BCUT2D eigenvalue weighted by atomic mass is 35.5. The third-order valence-electron chi connectivity index (χ3n) is 3.39. The third-order valence-corrected chi connectivity index (χ3v) is 4.05. The van der Waals surface area contributed by atoms with Crippen LogP contribution >= 0.6 is 23.2 Å². The standard InChI is InChI=1S/C16H18Cl2N2/c1-10(2)11-6-8-12(9-7-11)16(20-19)15-13(17)4-3-5-14(15)18/h3-10,16,20H,19H2,1-2H3. The SMILES string of the molecule is CC(C)c1ccc(C(NN)c2c(Cl)cccc2Cl)cc1. The molecule has 2 aromatic carbocycles. The fourth-order valence-corrected chi connectivity index (χ4v) is 2.82. The first kappa shape index (κ1) is 15.3. The van der Waals surface area contributed by atoms with Crippen molar-refractivity contribution in [1.82, 2.24) is 5.43 Å². The van der Waals surface area contributed by atoms with Crippen molar-refractivity contribution in [3.05, 3.63) is 69.2 Å². The smallest absolute Gasteiger partial charge is 0.0739 e. The number of hydrazine groups is 1. The first-order valence-corrected chi connectivity index (χ1v) is 7.30. The Kier molecular flexibility index (Phi) is 5.06. The molecule has 0 bridgehead atoms. The van der Waals surface area contributed by atoms with E-state index >= 15 is 0 Å². The van der Waals surface area contributed by atoms with Crippen LogP contribution in [0, 0.1) is 0 Å². The second-order valence-electron chi connectivity index (χ2n) is 5.06. The van der Waals surface area contributed by atoms with Gasteiger partial charge >= 0.3 is 0 Å². The van der Waals surface area contributed by atoms with E-state index in [0.29, 0.717) is 16.0 Å². The van der Waals surface area contributed by atoms with Gasteiger partial charge in [-0.3, -0.25) is 5.84 Å². The lowest BCUT2D eigenvalue weighted by Crippen LogP contribution is -2.29. The summed E-state index contributed by atoms with van der Waals surface area (Å²) in [4.78, 5) is 0. The summed E-state index contributed by atoms with van der Waals surface area (Å²) in [7, 11) is 0. The predicted octanol–water partition coefficient (Wildman–Crippen LogP) is 4.67. The number of hydrogen-bond donors (Lipinski definition) is 2. The Bertz CT molecular complexity index is 559. The van der Waals surface area contributed by atoms with Crippen LogP contribution in [0.1, 0.15) is 42.5 Å². The molecular formula is C16H18Cl2N2. The third kappa shape index (κ3) is 3.15. The van der Waals surface area contributed by atoms with E-state index in [-0.39, 0.29) is 6.04 Å². The van der Waals surface area contributed by atoms with Gasteiger partial charge in [-0.25, -0.2) is 5.43 Å².